The number of rotatable bonds is 6. The first-order valence-corrected chi connectivity index (χ1v) is 9.53. The molecule has 0 bridgehead atoms. The Morgan fingerprint density at radius 2 is 1.86 bits per heavy atom. The predicted molar refractivity (Wildman–Crippen MR) is 91.0 cm³/mol. The van der Waals surface area contributed by atoms with E-state index >= 15 is 0 Å². The number of nitrogens with one attached hydrogen (secondary N) is 2. The Morgan fingerprint density at radius 1 is 1.19 bits per heavy atom. The SMILES string of the molecule is CSCCCNC1CCCCCC1NC(=O)OC(C)(C)C. The van der Waals surface area contributed by atoms with E-state index < -0.39 is 5.60 Å². The highest BCUT2D eigenvalue weighted by atomic mass is 32.2. The Morgan fingerprint density at radius 3 is 2.48 bits per heavy atom. The summed E-state index contributed by atoms with van der Waals surface area (Å²) >= 11 is 1.88. The van der Waals surface area contributed by atoms with Crippen molar-refractivity contribution in [3.8, 4) is 0 Å². The lowest BCUT2D eigenvalue weighted by atomic mass is 10.0. The van der Waals surface area contributed by atoms with E-state index in [1.54, 1.807) is 0 Å². The third kappa shape index (κ3) is 8.57. The smallest absolute Gasteiger partial charge is 0.407 e. The quantitative estimate of drug-likeness (QED) is 0.581. The van der Waals surface area contributed by atoms with Crippen molar-refractivity contribution < 1.29 is 9.53 Å². The topological polar surface area (TPSA) is 50.4 Å². The van der Waals surface area contributed by atoms with Crippen LogP contribution in [0.25, 0.3) is 0 Å². The second-order valence-electron chi connectivity index (χ2n) is 6.80. The van der Waals surface area contributed by atoms with Gasteiger partial charge in [-0.2, -0.15) is 11.8 Å². The van der Waals surface area contributed by atoms with Gasteiger partial charge in [0, 0.05) is 12.1 Å². The molecule has 0 aromatic heterocycles. The summed E-state index contributed by atoms with van der Waals surface area (Å²) in [4.78, 5) is 12.0. The zero-order valence-corrected chi connectivity index (χ0v) is 14.9. The fourth-order valence-electron chi connectivity index (χ4n) is 2.69. The minimum absolute atomic E-state index is 0.191. The molecule has 4 nitrogen and oxygen atoms in total. The van der Waals surface area contributed by atoms with E-state index in [2.05, 4.69) is 16.9 Å². The first kappa shape index (κ1) is 18.6. The molecule has 21 heavy (non-hydrogen) atoms. The van der Waals surface area contributed by atoms with Crippen LogP contribution in [0.5, 0.6) is 0 Å². The van der Waals surface area contributed by atoms with Gasteiger partial charge in [-0.1, -0.05) is 19.3 Å². The van der Waals surface area contributed by atoms with Crippen LogP contribution in [0.15, 0.2) is 0 Å². The van der Waals surface area contributed by atoms with Gasteiger partial charge in [-0.3, -0.25) is 0 Å². The van der Waals surface area contributed by atoms with E-state index in [1.807, 2.05) is 32.5 Å². The van der Waals surface area contributed by atoms with Crippen molar-refractivity contribution in [2.75, 3.05) is 18.6 Å². The van der Waals surface area contributed by atoms with Crippen LogP contribution in [0.2, 0.25) is 0 Å². The first-order chi connectivity index (χ1) is 9.92. The van der Waals surface area contributed by atoms with E-state index in [4.69, 9.17) is 4.74 Å². The summed E-state index contributed by atoms with van der Waals surface area (Å²) in [5, 5.41) is 6.71. The lowest BCUT2D eigenvalue weighted by Crippen LogP contribution is -2.50. The van der Waals surface area contributed by atoms with Crippen molar-refractivity contribution in [3.05, 3.63) is 0 Å². The molecule has 1 amide bonds. The molecular weight excluding hydrogens is 284 g/mol. The van der Waals surface area contributed by atoms with Crippen LogP contribution in [-0.4, -0.2) is 42.3 Å². The second kappa shape index (κ2) is 9.57. The number of hydrogen-bond donors (Lipinski definition) is 2. The van der Waals surface area contributed by atoms with Gasteiger partial charge >= 0.3 is 6.09 Å². The molecule has 124 valence electrons. The molecule has 0 heterocycles. The third-order valence-corrected chi connectivity index (χ3v) is 4.35. The minimum Gasteiger partial charge on any atom is -0.444 e. The van der Waals surface area contributed by atoms with E-state index in [-0.39, 0.29) is 12.1 Å². The fourth-order valence-corrected chi connectivity index (χ4v) is 3.12. The van der Waals surface area contributed by atoms with Gasteiger partial charge in [-0.15, -0.1) is 0 Å². The van der Waals surface area contributed by atoms with Crippen molar-refractivity contribution in [2.24, 2.45) is 0 Å². The van der Waals surface area contributed by atoms with Gasteiger partial charge in [0.05, 0.1) is 0 Å². The maximum Gasteiger partial charge on any atom is 0.407 e. The number of carbonyl (C=O) groups excluding carboxylic acids is 1. The first-order valence-electron chi connectivity index (χ1n) is 8.14. The molecule has 1 rings (SSSR count). The molecule has 0 aromatic carbocycles. The summed E-state index contributed by atoms with van der Waals surface area (Å²) in [6.45, 7) is 6.73. The van der Waals surface area contributed by atoms with Gasteiger partial charge in [0.25, 0.3) is 0 Å². The Hall–Kier alpha value is -0.420. The highest BCUT2D eigenvalue weighted by molar-refractivity contribution is 7.98. The normalized spacial score (nSPS) is 23.4. The van der Waals surface area contributed by atoms with E-state index in [9.17, 15) is 4.79 Å². The molecule has 1 aliphatic carbocycles. The average molecular weight is 317 g/mol. The average Bonchev–Trinajstić information content (AvgIpc) is 2.58. The molecule has 1 fully saturated rings. The maximum atomic E-state index is 12.0. The van der Waals surface area contributed by atoms with Gasteiger partial charge in [-0.25, -0.2) is 4.79 Å². The molecule has 2 N–H and O–H groups in total. The number of ether oxygens (including phenoxy) is 1. The summed E-state index contributed by atoms with van der Waals surface area (Å²) in [5.41, 5.74) is -0.434. The van der Waals surface area contributed by atoms with Gasteiger partial charge in [0.15, 0.2) is 0 Å². The van der Waals surface area contributed by atoms with E-state index in [0.29, 0.717) is 6.04 Å². The zero-order valence-electron chi connectivity index (χ0n) is 14.0. The van der Waals surface area contributed by atoms with Crippen molar-refractivity contribution >= 4 is 17.9 Å². The standard InChI is InChI=1S/C16H32N2O2S/c1-16(2,3)20-15(19)18-14-10-7-5-6-9-13(14)17-11-8-12-21-4/h13-14,17H,5-12H2,1-4H3,(H,18,19). The zero-order chi connectivity index (χ0) is 15.7. The number of thioether (sulfide) groups is 1. The highest BCUT2D eigenvalue weighted by Crippen LogP contribution is 2.19. The largest absolute Gasteiger partial charge is 0.444 e. The highest BCUT2D eigenvalue weighted by Gasteiger charge is 2.26. The fraction of sp³-hybridized carbons (Fsp3) is 0.938. The number of amides is 1. The molecule has 2 unspecified atom stereocenters. The molecule has 1 aliphatic rings. The van der Waals surface area contributed by atoms with E-state index in [0.717, 1.165) is 19.4 Å². The predicted octanol–water partition coefficient (Wildman–Crippen LogP) is 3.56. The molecule has 0 aromatic rings. The van der Waals surface area contributed by atoms with Crippen LogP contribution in [0.1, 0.15) is 59.3 Å². The lowest BCUT2D eigenvalue weighted by Gasteiger charge is -2.29. The molecule has 0 saturated heterocycles. The molecule has 0 radical (unpaired) electrons. The molecule has 2 atom stereocenters. The van der Waals surface area contributed by atoms with Crippen molar-refractivity contribution in [3.63, 3.8) is 0 Å². The molecular formula is C16H32N2O2S. The van der Waals surface area contributed by atoms with Crippen LogP contribution in [-0.2, 0) is 4.74 Å². The summed E-state index contributed by atoms with van der Waals surface area (Å²) < 4.78 is 5.39. The monoisotopic (exact) mass is 316 g/mol. The Kier molecular flexibility index (Phi) is 8.49. The second-order valence-corrected chi connectivity index (χ2v) is 7.78. The Bertz CT molecular complexity index is 305. The summed E-state index contributed by atoms with van der Waals surface area (Å²) in [6, 6.07) is 0.568. The Labute approximate surface area is 134 Å². The summed E-state index contributed by atoms with van der Waals surface area (Å²) in [7, 11) is 0. The minimum atomic E-state index is -0.434. The number of hydrogen-bond acceptors (Lipinski definition) is 4. The van der Waals surface area contributed by atoms with Gasteiger partial charge < -0.3 is 15.4 Å². The van der Waals surface area contributed by atoms with Crippen LogP contribution >= 0.6 is 11.8 Å². The lowest BCUT2D eigenvalue weighted by molar-refractivity contribution is 0.0490. The van der Waals surface area contributed by atoms with E-state index in [1.165, 1.54) is 31.4 Å². The molecule has 5 heteroatoms. The van der Waals surface area contributed by atoms with Crippen LogP contribution in [0.3, 0.4) is 0 Å². The maximum absolute atomic E-state index is 12.0. The van der Waals surface area contributed by atoms with Crippen LogP contribution in [0, 0.1) is 0 Å². The summed E-state index contributed by atoms with van der Waals surface area (Å²) in [6.07, 6.45) is 8.89. The Balaban J connectivity index is 2.46. The van der Waals surface area contributed by atoms with Crippen molar-refractivity contribution in [1.82, 2.24) is 10.6 Å². The van der Waals surface area contributed by atoms with Gasteiger partial charge in [-0.05, 0) is 58.6 Å². The molecule has 0 aliphatic heterocycles. The number of alkyl carbamates (subject to hydrolysis) is 1. The van der Waals surface area contributed by atoms with Crippen molar-refractivity contribution in [1.29, 1.82) is 0 Å². The van der Waals surface area contributed by atoms with Gasteiger partial charge in [0.2, 0.25) is 0 Å². The third-order valence-electron chi connectivity index (χ3n) is 3.65. The van der Waals surface area contributed by atoms with Crippen LogP contribution in [0.4, 0.5) is 4.79 Å². The molecule has 1 saturated carbocycles. The molecule has 0 spiro atoms. The van der Waals surface area contributed by atoms with Crippen LogP contribution < -0.4 is 10.6 Å². The van der Waals surface area contributed by atoms with Crippen molar-refractivity contribution in [2.45, 2.75) is 77.0 Å². The number of carbonyl (C=O) groups is 1. The summed E-state index contributed by atoms with van der Waals surface area (Å²) in [5.74, 6) is 1.18. The van der Waals surface area contributed by atoms with Gasteiger partial charge in [0.1, 0.15) is 5.60 Å².